The summed E-state index contributed by atoms with van der Waals surface area (Å²) in [6, 6.07) is -0.936. The number of benzene rings is 1. The normalized spacial score (nSPS) is 15.6. The molecule has 6 unspecified atom stereocenters. The molecule has 19 heteroatoms. The summed E-state index contributed by atoms with van der Waals surface area (Å²) in [4.78, 5) is 89.1. The summed E-state index contributed by atoms with van der Waals surface area (Å²) in [7, 11) is 1.11. The van der Waals surface area contributed by atoms with Gasteiger partial charge in [-0.3, -0.25) is 24.0 Å². The molecule has 55 heavy (non-hydrogen) atoms. The average molecular weight is 787 g/mol. The number of halogens is 2. The Kier molecular flexibility index (Phi) is 18.6. The summed E-state index contributed by atoms with van der Waals surface area (Å²) in [5.41, 5.74) is -0.514. The van der Waals surface area contributed by atoms with E-state index in [0.717, 1.165) is 7.11 Å². The number of methoxy groups -OCH3 is 1. The first-order valence-electron chi connectivity index (χ1n) is 17.7. The van der Waals surface area contributed by atoms with Crippen LogP contribution in [0.3, 0.4) is 0 Å². The number of rotatable bonds is 19. The van der Waals surface area contributed by atoms with Crippen LogP contribution in [0.1, 0.15) is 67.9 Å². The maximum atomic E-state index is 15.8. The zero-order chi connectivity index (χ0) is 42.4. The molecule has 0 heterocycles. The van der Waals surface area contributed by atoms with Crippen molar-refractivity contribution in [3.8, 4) is 0 Å². The summed E-state index contributed by atoms with van der Waals surface area (Å²) in [6.45, 7) is 12.5. The number of hydrogen-bond donors (Lipinski definition) is 8. The Morgan fingerprint density at radius 1 is 0.709 bits per heavy atom. The van der Waals surface area contributed by atoms with Crippen LogP contribution in [0.4, 0.5) is 13.6 Å². The molecule has 1 aromatic carbocycles. The third kappa shape index (κ3) is 15.4. The molecule has 0 saturated carbocycles. The number of carbonyl (C=O) groups excluding carboxylic acids is 7. The maximum Gasteiger partial charge on any atom is 0.408 e. The highest BCUT2D eigenvalue weighted by Crippen LogP contribution is 2.25. The van der Waals surface area contributed by atoms with Crippen molar-refractivity contribution in [3.05, 3.63) is 35.9 Å². The van der Waals surface area contributed by atoms with Crippen LogP contribution in [0.2, 0.25) is 0 Å². The fraction of sp³-hybridized carbons (Fsp3) is 0.639. The van der Waals surface area contributed by atoms with Crippen molar-refractivity contribution in [1.29, 1.82) is 0 Å². The molecular weight excluding hydrogens is 730 g/mol. The fourth-order valence-corrected chi connectivity index (χ4v) is 4.87. The van der Waals surface area contributed by atoms with Gasteiger partial charge in [-0.25, -0.2) is 9.59 Å². The van der Waals surface area contributed by atoms with Crippen molar-refractivity contribution < 1.29 is 62.0 Å². The van der Waals surface area contributed by atoms with E-state index in [1.165, 1.54) is 39.8 Å². The highest BCUT2D eigenvalue weighted by Gasteiger charge is 2.52. The van der Waals surface area contributed by atoms with E-state index in [1.807, 2.05) is 5.32 Å². The van der Waals surface area contributed by atoms with Crippen LogP contribution in [-0.2, 0) is 44.7 Å². The van der Waals surface area contributed by atoms with Gasteiger partial charge in [0, 0.05) is 0 Å². The van der Waals surface area contributed by atoms with Crippen molar-refractivity contribution >= 4 is 41.6 Å². The third-order valence-electron chi connectivity index (χ3n) is 8.03. The number of nitrogens with one attached hydrogen (secondary N) is 6. The van der Waals surface area contributed by atoms with Gasteiger partial charge in [0.2, 0.25) is 23.6 Å². The van der Waals surface area contributed by atoms with Crippen LogP contribution in [0.5, 0.6) is 0 Å². The maximum absolute atomic E-state index is 15.8. The van der Waals surface area contributed by atoms with Crippen LogP contribution >= 0.6 is 0 Å². The molecule has 310 valence electrons. The van der Waals surface area contributed by atoms with E-state index in [-0.39, 0.29) is 0 Å². The summed E-state index contributed by atoms with van der Waals surface area (Å²) in [5.74, 6) is -12.5. The minimum atomic E-state index is -4.60. The highest BCUT2D eigenvalue weighted by atomic mass is 19.3. The molecule has 17 nitrogen and oxygen atoms in total. The van der Waals surface area contributed by atoms with Crippen molar-refractivity contribution in [2.45, 2.75) is 123 Å². The van der Waals surface area contributed by atoms with Crippen LogP contribution in [0.15, 0.2) is 30.3 Å². The number of ether oxygens (including phenoxy) is 2. The lowest BCUT2D eigenvalue weighted by molar-refractivity contribution is -0.169. The van der Waals surface area contributed by atoms with Gasteiger partial charge in [0.25, 0.3) is 5.91 Å². The monoisotopic (exact) mass is 786 g/mol. The number of alkyl carbamates (subject to hydrolysis) is 1. The van der Waals surface area contributed by atoms with E-state index < -0.39 is 120 Å². The van der Waals surface area contributed by atoms with Gasteiger partial charge in [0.1, 0.15) is 41.9 Å². The van der Waals surface area contributed by atoms with Crippen molar-refractivity contribution in [2.24, 2.45) is 11.8 Å². The van der Waals surface area contributed by atoms with Gasteiger partial charge in [0.15, 0.2) is 0 Å². The molecule has 0 aliphatic heterocycles. The molecule has 0 fully saturated rings. The summed E-state index contributed by atoms with van der Waals surface area (Å²) < 4.78 is 41.3. The number of aliphatic hydroxyl groups is 2. The lowest BCUT2D eigenvalue weighted by Crippen LogP contribution is -2.63. The Balaban J connectivity index is 3.15. The van der Waals surface area contributed by atoms with Crippen LogP contribution in [0, 0.1) is 11.8 Å². The van der Waals surface area contributed by atoms with Crippen molar-refractivity contribution in [3.63, 3.8) is 0 Å². The summed E-state index contributed by atoms with van der Waals surface area (Å²) in [6.07, 6.45) is -4.26. The molecule has 0 aliphatic rings. The van der Waals surface area contributed by atoms with Gasteiger partial charge in [-0.2, -0.15) is 8.78 Å². The zero-order valence-electron chi connectivity index (χ0n) is 32.8. The third-order valence-corrected chi connectivity index (χ3v) is 8.03. The summed E-state index contributed by atoms with van der Waals surface area (Å²) >= 11 is 0. The molecule has 0 spiro atoms. The molecule has 0 saturated heterocycles. The number of alkyl halides is 2. The highest BCUT2D eigenvalue weighted by molar-refractivity contribution is 5.94. The van der Waals surface area contributed by atoms with E-state index in [9.17, 15) is 43.8 Å². The van der Waals surface area contributed by atoms with E-state index in [0.29, 0.717) is 5.56 Å². The number of amides is 6. The van der Waals surface area contributed by atoms with Crippen LogP contribution < -0.4 is 31.9 Å². The first kappa shape index (κ1) is 48.1. The minimum Gasteiger partial charge on any atom is -0.467 e. The second-order valence-electron chi connectivity index (χ2n) is 14.7. The molecule has 7 atom stereocenters. The quantitative estimate of drug-likeness (QED) is 0.0871. The van der Waals surface area contributed by atoms with E-state index in [1.54, 1.807) is 52.8 Å². The van der Waals surface area contributed by atoms with Gasteiger partial charge < -0.3 is 51.6 Å². The average Bonchev–Trinajstić information content (AvgIpc) is 3.09. The van der Waals surface area contributed by atoms with Gasteiger partial charge in [-0.05, 0) is 58.4 Å². The minimum absolute atomic E-state index is 0.386. The molecule has 0 aromatic heterocycles. The van der Waals surface area contributed by atoms with E-state index in [4.69, 9.17) is 9.47 Å². The number of esters is 1. The predicted octanol–water partition coefficient (Wildman–Crippen LogP) is 0.0597. The lowest BCUT2D eigenvalue weighted by Gasteiger charge is -2.32. The Hall–Kier alpha value is -4.91. The number of carbonyl (C=O) groups is 7. The molecule has 0 bridgehead atoms. The van der Waals surface area contributed by atoms with Gasteiger partial charge in [-0.15, -0.1) is 0 Å². The molecule has 0 radical (unpaired) electrons. The summed E-state index contributed by atoms with van der Waals surface area (Å²) in [5, 5.41) is 34.0. The topological polar surface area (TPSA) is 251 Å². The predicted molar refractivity (Wildman–Crippen MR) is 194 cm³/mol. The first-order valence-corrected chi connectivity index (χ1v) is 17.7. The van der Waals surface area contributed by atoms with E-state index in [2.05, 4.69) is 26.6 Å². The lowest BCUT2D eigenvalue weighted by atomic mass is 9.95. The molecular formula is C36H56F2N6O11. The Morgan fingerprint density at radius 2 is 1.22 bits per heavy atom. The Labute approximate surface area is 319 Å². The molecule has 6 amide bonds. The number of hydrogen-bond acceptors (Lipinski definition) is 11. The standard InChI is InChI=1S/C36H56F2N6O11/c1-18(2)25(31(50)43-26(19(3)4)32(51)54-10)44-33(52)36(37,38)27(46)23(16-22-14-12-11-13-15-22)41-29(48)21(6)39-28(47)20(5)40-30(49)24(17-45)42-34(53)55-35(7,8)9/h11-15,18-21,23-27,45-46H,16-17H2,1-10H3,(H,39,47)(H,40,49)(H,41,48)(H,42,53)(H,43,50)(H,44,52)/t20?,21?,23?,24?,25?,26-,27?/m0/s1. The Morgan fingerprint density at radius 3 is 1.69 bits per heavy atom. The largest absolute Gasteiger partial charge is 0.467 e. The second kappa shape index (κ2) is 21.3. The van der Waals surface area contributed by atoms with Gasteiger partial charge in [-0.1, -0.05) is 58.0 Å². The molecule has 1 rings (SSSR count). The van der Waals surface area contributed by atoms with E-state index >= 15 is 8.78 Å². The molecule has 8 N–H and O–H groups in total. The van der Waals surface area contributed by atoms with Gasteiger partial charge >= 0.3 is 18.0 Å². The second-order valence-corrected chi connectivity index (χ2v) is 14.7. The van der Waals surface area contributed by atoms with Crippen molar-refractivity contribution in [2.75, 3.05) is 13.7 Å². The van der Waals surface area contributed by atoms with Crippen molar-refractivity contribution in [1.82, 2.24) is 31.9 Å². The SMILES string of the molecule is COC(=O)[C@@H](NC(=O)C(NC(=O)C(F)(F)C(O)C(Cc1ccccc1)NC(=O)C(C)NC(=O)C(C)NC(=O)C(CO)NC(=O)OC(C)(C)C)C(C)C)C(C)C. The zero-order valence-corrected chi connectivity index (χ0v) is 32.8. The van der Waals surface area contributed by atoms with Gasteiger partial charge in [0.05, 0.1) is 19.8 Å². The molecule has 1 aromatic rings. The fourth-order valence-electron chi connectivity index (χ4n) is 4.87. The van der Waals surface area contributed by atoms with Crippen LogP contribution in [-0.4, -0.2) is 119 Å². The molecule has 0 aliphatic carbocycles. The van der Waals surface area contributed by atoms with Crippen LogP contribution in [0.25, 0.3) is 0 Å². The Bertz CT molecular complexity index is 1490. The number of aliphatic hydroxyl groups excluding tert-OH is 2. The smallest absolute Gasteiger partial charge is 0.408 e. The first-order chi connectivity index (χ1) is 25.4.